The minimum atomic E-state index is -0.364. The highest BCUT2D eigenvalue weighted by Gasteiger charge is 2.24. The predicted molar refractivity (Wildman–Crippen MR) is 115 cm³/mol. The van der Waals surface area contributed by atoms with E-state index in [0.717, 1.165) is 37.4 Å². The van der Waals surface area contributed by atoms with Gasteiger partial charge in [-0.1, -0.05) is 37.4 Å². The Morgan fingerprint density at radius 3 is 2.50 bits per heavy atom. The van der Waals surface area contributed by atoms with Crippen LogP contribution < -0.4 is 4.74 Å². The second-order valence-electron chi connectivity index (χ2n) is 8.31. The lowest BCUT2D eigenvalue weighted by atomic mass is 9.84. The Balaban J connectivity index is 1.49. The first-order chi connectivity index (χ1) is 13.6. The molecule has 2 aliphatic rings. The van der Waals surface area contributed by atoms with Gasteiger partial charge < -0.3 is 9.47 Å². The molecular formula is C24H34ClFO2. The van der Waals surface area contributed by atoms with Crippen molar-refractivity contribution in [2.45, 2.75) is 77.7 Å². The second kappa shape index (κ2) is 10.6. The fourth-order valence-electron chi connectivity index (χ4n) is 4.60. The summed E-state index contributed by atoms with van der Waals surface area (Å²) in [7, 11) is 0. The first-order valence-electron chi connectivity index (χ1n) is 11.0. The van der Waals surface area contributed by atoms with Gasteiger partial charge in [0.05, 0.1) is 19.3 Å². The molecule has 0 heterocycles. The van der Waals surface area contributed by atoms with Gasteiger partial charge in [-0.25, -0.2) is 4.39 Å². The van der Waals surface area contributed by atoms with Gasteiger partial charge in [0.2, 0.25) is 0 Å². The topological polar surface area (TPSA) is 18.5 Å². The molecule has 1 aromatic rings. The minimum Gasteiger partial charge on any atom is -0.492 e. The van der Waals surface area contributed by atoms with E-state index in [-0.39, 0.29) is 10.8 Å². The van der Waals surface area contributed by atoms with Gasteiger partial charge in [0, 0.05) is 5.56 Å². The average molecular weight is 409 g/mol. The summed E-state index contributed by atoms with van der Waals surface area (Å²) in [6, 6.07) is 3.57. The molecule has 1 aromatic carbocycles. The van der Waals surface area contributed by atoms with E-state index in [1.165, 1.54) is 38.5 Å². The standard InChI is InChI=1S/C24H34ClFO2/c1-3-5-17-8-12-20(13-9-17)28-16-18-6-10-19(11-7-18)21-14-15-22(27-4-2)23(25)24(21)26/h10,14-15,17-18,20H,3-9,11-13,16H2,1-2H3. The average Bonchev–Trinajstić information content (AvgIpc) is 2.72. The maximum atomic E-state index is 14.7. The van der Waals surface area contributed by atoms with Crippen molar-refractivity contribution in [1.29, 1.82) is 0 Å². The Bertz CT molecular complexity index is 665. The molecule has 0 radical (unpaired) electrons. The van der Waals surface area contributed by atoms with Gasteiger partial charge in [-0.2, -0.15) is 0 Å². The Hall–Kier alpha value is -1.06. The van der Waals surface area contributed by atoms with Crippen molar-refractivity contribution in [3.8, 4) is 5.75 Å². The molecule has 0 spiro atoms. The highest BCUT2D eigenvalue weighted by atomic mass is 35.5. The molecule has 1 fully saturated rings. The zero-order valence-electron chi connectivity index (χ0n) is 17.3. The van der Waals surface area contributed by atoms with Crippen LogP contribution in [-0.2, 0) is 4.74 Å². The van der Waals surface area contributed by atoms with Crippen LogP contribution in [0.1, 0.15) is 77.2 Å². The Morgan fingerprint density at radius 1 is 1.07 bits per heavy atom. The van der Waals surface area contributed by atoms with Crippen molar-refractivity contribution in [2.75, 3.05) is 13.2 Å². The molecular weight excluding hydrogens is 375 g/mol. The summed E-state index contributed by atoms with van der Waals surface area (Å²) >= 11 is 6.14. The normalized spacial score (nSPS) is 25.4. The van der Waals surface area contributed by atoms with Gasteiger partial charge in [-0.05, 0) is 81.4 Å². The maximum absolute atomic E-state index is 14.7. The molecule has 0 N–H and O–H groups in total. The van der Waals surface area contributed by atoms with E-state index in [0.29, 0.717) is 29.9 Å². The van der Waals surface area contributed by atoms with Crippen LogP contribution in [0.3, 0.4) is 0 Å². The predicted octanol–water partition coefficient (Wildman–Crippen LogP) is 7.44. The molecule has 1 unspecified atom stereocenters. The third kappa shape index (κ3) is 5.51. The number of rotatable bonds is 8. The lowest BCUT2D eigenvalue weighted by Gasteiger charge is -2.30. The van der Waals surface area contributed by atoms with Crippen molar-refractivity contribution < 1.29 is 13.9 Å². The van der Waals surface area contributed by atoms with E-state index in [1.54, 1.807) is 12.1 Å². The summed E-state index contributed by atoms with van der Waals surface area (Å²) in [4.78, 5) is 0. The van der Waals surface area contributed by atoms with Crippen LogP contribution in [0.25, 0.3) is 5.57 Å². The van der Waals surface area contributed by atoms with Crippen molar-refractivity contribution >= 4 is 17.2 Å². The van der Waals surface area contributed by atoms with E-state index in [9.17, 15) is 4.39 Å². The van der Waals surface area contributed by atoms with Crippen molar-refractivity contribution in [1.82, 2.24) is 0 Å². The number of halogens is 2. The van der Waals surface area contributed by atoms with Crippen LogP contribution in [0.2, 0.25) is 5.02 Å². The smallest absolute Gasteiger partial charge is 0.153 e. The van der Waals surface area contributed by atoms with Gasteiger partial charge in [0.15, 0.2) is 5.82 Å². The monoisotopic (exact) mass is 408 g/mol. The van der Waals surface area contributed by atoms with Crippen LogP contribution in [0.5, 0.6) is 5.75 Å². The summed E-state index contributed by atoms with van der Waals surface area (Å²) in [6.45, 7) is 5.45. The molecule has 0 bridgehead atoms. The molecule has 3 rings (SSSR count). The van der Waals surface area contributed by atoms with E-state index in [1.807, 2.05) is 6.92 Å². The number of allylic oxidation sites excluding steroid dienone is 2. The van der Waals surface area contributed by atoms with Gasteiger partial charge in [0.1, 0.15) is 10.8 Å². The van der Waals surface area contributed by atoms with Crippen molar-refractivity contribution in [3.05, 3.63) is 34.6 Å². The van der Waals surface area contributed by atoms with Crippen LogP contribution >= 0.6 is 11.6 Å². The van der Waals surface area contributed by atoms with Crippen molar-refractivity contribution in [3.63, 3.8) is 0 Å². The Morgan fingerprint density at radius 2 is 1.86 bits per heavy atom. The highest BCUT2D eigenvalue weighted by molar-refractivity contribution is 6.32. The van der Waals surface area contributed by atoms with E-state index < -0.39 is 0 Å². The molecule has 1 atom stereocenters. The third-order valence-electron chi connectivity index (χ3n) is 6.27. The molecule has 1 saturated carbocycles. The van der Waals surface area contributed by atoms with E-state index >= 15 is 0 Å². The van der Waals surface area contributed by atoms with Crippen LogP contribution in [0, 0.1) is 17.7 Å². The number of ether oxygens (including phenoxy) is 2. The number of hydrogen-bond donors (Lipinski definition) is 0. The maximum Gasteiger partial charge on any atom is 0.153 e. The molecule has 4 heteroatoms. The molecule has 0 saturated heterocycles. The van der Waals surface area contributed by atoms with Gasteiger partial charge in [-0.15, -0.1) is 0 Å². The molecule has 156 valence electrons. The molecule has 0 aromatic heterocycles. The number of hydrogen-bond acceptors (Lipinski definition) is 2. The lowest BCUT2D eigenvalue weighted by Crippen LogP contribution is -2.24. The van der Waals surface area contributed by atoms with E-state index in [4.69, 9.17) is 21.1 Å². The number of benzene rings is 1. The zero-order chi connectivity index (χ0) is 19.9. The van der Waals surface area contributed by atoms with Gasteiger partial charge in [0.25, 0.3) is 0 Å². The molecule has 28 heavy (non-hydrogen) atoms. The second-order valence-corrected chi connectivity index (χ2v) is 8.68. The summed E-state index contributed by atoms with van der Waals surface area (Å²) in [5.41, 5.74) is 1.67. The van der Waals surface area contributed by atoms with Gasteiger partial charge >= 0.3 is 0 Å². The quantitative estimate of drug-likeness (QED) is 0.445. The summed E-state index contributed by atoms with van der Waals surface area (Å²) < 4.78 is 26.3. The fourth-order valence-corrected chi connectivity index (χ4v) is 4.82. The zero-order valence-corrected chi connectivity index (χ0v) is 18.1. The van der Waals surface area contributed by atoms with E-state index in [2.05, 4.69) is 13.0 Å². The van der Waals surface area contributed by atoms with Crippen molar-refractivity contribution in [2.24, 2.45) is 11.8 Å². The largest absolute Gasteiger partial charge is 0.492 e. The minimum absolute atomic E-state index is 0.0874. The summed E-state index contributed by atoms with van der Waals surface area (Å²) in [5.74, 6) is 1.51. The first kappa shape index (κ1) is 21.6. The Kier molecular flexibility index (Phi) is 8.23. The van der Waals surface area contributed by atoms with Crippen LogP contribution in [-0.4, -0.2) is 19.3 Å². The molecule has 0 amide bonds. The Labute approximate surface area is 174 Å². The third-order valence-corrected chi connectivity index (χ3v) is 6.62. The fraction of sp³-hybridized carbons (Fsp3) is 0.667. The molecule has 2 aliphatic carbocycles. The van der Waals surface area contributed by atoms with Crippen LogP contribution in [0.4, 0.5) is 4.39 Å². The summed E-state index contributed by atoms with van der Waals surface area (Å²) in [5, 5.41) is 0.0874. The first-order valence-corrected chi connectivity index (χ1v) is 11.4. The molecule has 0 aliphatic heterocycles. The molecule has 2 nitrogen and oxygen atoms in total. The lowest BCUT2D eigenvalue weighted by molar-refractivity contribution is -0.00269. The summed E-state index contributed by atoms with van der Waals surface area (Å²) in [6.07, 6.45) is 13.2. The van der Waals surface area contributed by atoms with Crippen LogP contribution in [0.15, 0.2) is 18.2 Å². The van der Waals surface area contributed by atoms with Gasteiger partial charge in [-0.3, -0.25) is 0 Å². The highest BCUT2D eigenvalue weighted by Crippen LogP contribution is 2.37. The SMILES string of the molecule is CCCC1CCC(OCC2CC=C(c3ccc(OCC)c(Cl)c3F)CC2)CC1.